The molecule has 0 unspecified atom stereocenters. The first-order chi connectivity index (χ1) is 14.8. The van der Waals surface area contributed by atoms with E-state index in [9.17, 15) is 22.9 Å². The summed E-state index contributed by atoms with van der Waals surface area (Å²) in [6.45, 7) is 0.654. The van der Waals surface area contributed by atoms with Crippen LogP contribution in [0, 0.1) is 15.9 Å². The second-order valence-electron chi connectivity index (χ2n) is 7.07. The molecule has 0 amide bonds. The molecule has 4 rings (SSSR count). The van der Waals surface area contributed by atoms with Gasteiger partial charge in [-0.2, -0.15) is 0 Å². The third-order valence-electron chi connectivity index (χ3n) is 4.99. The molecule has 0 radical (unpaired) electrons. The van der Waals surface area contributed by atoms with Gasteiger partial charge in [-0.05, 0) is 43.2 Å². The van der Waals surface area contributed by atoms with Crippen LogP contribution >= 0.6 is 11.6 Å². The minimum Gasteiger partial charge on any atom is -0.311 e. The Balaban J connectivity index is 1.69. The van der Waals surface area contributed by atoms with Crippen LogP contribution in [0.1, 0.15) is 25.1 Å². The minimum absolute atomic E-state index is 0.0833. The lowest BCUT2D eigenvalue weighted by Crippen LogP contribution is -2.13. The highest BCUT2D eigenvalue weighted by Gasteiger charge is 2.23. The average Bonchev–Trinajstić information content (AvgIpc) is 2.96. The number of fused-ring (bicyclic) bond motifs is 1. The summed E-state index contributed by atoms with van der Waals surface area (Å²) < 4.78 is 44.3. The van der Waals surface area contributed by atoms with Crippen molar-refractivity contribution in [2.45, 2.75) is 37.1 Å². The summed E-state index contributed by atoms with van der Waals surface area (Å²) in [5, 5.41) is 19.1. The van der Waals surface area contributed by atoms with E-state index in [-0.39, 0.29) is 21.2 Å². The zero-order valence-electron chi connectivity index (χ0n) is 16.1. The highest BCUT2D eigenvalue weighted by molar-refractivity contribution is 7.92. The summed E-state index contributed by atoms with van der Waals surface area (Å²) in [6.07, 6.45) is 3.68. The first-order valence-electron chi connectivity index (χ1n) is 9.45. The van der Waals surface area contributed by atoms with Gasteiger partial charge >= 0.3 is 0 Å². The van der Waals surface area contributed by atoms with Crippen LogP contribution in [0.4, 0.5) is 15.8 Å². The van der Waals surface area contributed by atoms with E-state index in [1.165, 1.54) is 12.1 Å². The number of nitrogens with one attached hydrogen (secondary N) is 1. The van der Waals surface area contributed by atoms with Crippen molar-refractivity contribution in [3.8, 4) is 11.4 Å². The molecule has 2 heterocycles. The molecular weight excluding hydrogens is 449 g/mol. The molecule has 0 aliphatic carbocycles. The zero-order chi connectivity index (χ0) is 22.2. The average molecular weight is 466 g/mol. The van der Waals surface area contributed by atoms with Crippen LogP contribution in [0.3, 0.4) is 0 Å². The smallest absolute Gasteiger partial charge is 0.289 e. The molecule has 162 valence electrons. The van der Waals surface area contributed by atoms with Crippen molar-refractivity contribution in [3.05, 3.63) is 63.2 Å². The number of anilines is 1. The summed E-state index contributed by atoms with van der Waals surface area (Å²) in [4.78, 5) is 9.95. The van der Waals surface area contributed by atoms with Crippen LogP contribution in [-0.2, 0) is 23.0 Å². The van der Waals surface area contributed by atoms with Crippen molar-refractivity contribution < 1.29 is 17.7 Å². The topological polar surface area (TPSA) is 120 Å². The second-order valence-corrected chi connectivity index (χ2v) is 9.16. The number of hydrogen-bond acceptors (Lipinski definition) is 6. The van der Waals surface area contributed by atoms with Crippen molar-refractivity contribution in [1.29, 1.82) is 0 Å². The SMILES string of the molecule is O=[N+]([O-])c1cc(S(=O)(=O)Nc2ccc(F)c(-c3nnc4n3CCCCC4)c2)ccc1Cl. The molecule has 0 bridgehead atoms. The largest absolute Gasteiger partial charge is 0.311 e. The van der Waals surface area contributed by atoms with Crippen molar-refractivity contribution in [2.75, 3.05) is 4.72 Å². The van der Waals surface area contributed by atoms with E-state index in [1.54, 1.807) is 0 Å². The third kappa shape index (κ3) is 4.23. The molecule has 2 aromatic carbocycles. The molecule has 0 saturated heterocycles. The van der Waals surface area contributed by atoms with Gasteiger partial charge in [0.25, 0.3) is 15.7 Å². The Morgan fingerprint density at radius 3 is 2.71 bits per heavy atom. The summed E-state index contributed by atoms with van der Waals surface area (Å²) in [5.74, 6) is 0.536. The molecule has 0 fully saturated rings. The normalized spacial score (nSPS) is 14.0. The van der Waals surface area contributed by atoms with Gasteiger partial charge < -0.3 is 4.57 Å². The third-order valence-corrected chi connectivity index (χ3v) is 6.69. The lowest BCUT2D eigenvalue weighted by atomic mass is 10.1. The van der Waals surface area contributed by atoms with Crippen LogP contribution < -0.4 is 4.72 Å². The van der Waals surface area contributed by atoms with Crippen molar-refractivity contribution >= 4 is 33.0 Å². The Morgan fingerprint density at radius 1 is 1.13 bits per heavy atom. The summed E-state index contributed by atoms with van der Waals surface area (Å²) in [5.41, 5.74) is -0.335. The Bertz CT molecular complexity index is 1280. The second kappa shape index (κ2) is 8.23. The molecule has 0 atom stereocenters. The van der Waals surface area contributed by atoms with Crippen LogP contribution in [0.25, 0.3) is 11.4 Å². The first kappa shape index (κ1) is 21.2. The van der Waals surface area contributed by atoms with Crippen LogP contribution in [0.15, 0.2) is 41.3 Å². The summed E-state index contributed by atoms with van der Waals surface area (Å²) in [7, 11) is -4.19. The highest BCUT2D eigenvalue weighted by Crippen LogP contribution is 2.30. The molecule has 1 N–H and O–H groups in total. The predicted molar refractivity (Wildman–Crippen MR) is 112 cm³/mol. The maximum Gasteiger partial charge on any atom is 0.289 e. The molecule has 0 spiro atoms. The molecule has 9 nitrogen and oxygen atoms in total. The van der Waals surface area contributed by atoms with Crippen LogP contribution in [0.2, 0.25) is 5.02 Å². The highest BCUT2D eigenvalue weighted by atomic mass is 35.5. The monoisotopic (exact) mass is 465 g/mol. The van der Waals surface area contributed by atoms with E-state index < -0.39 is 26.5 Å². The Kier molecular flexibility index (Phi) is 5.63. The fraction of sp³-hybridized carbons (Fsp3) is 0.263. The quantitative estimate of drug-likeness (QED) is 0.446. The van der Waals surface area contributed by atoms with E-state index >= 15 is 0 Å². The number of nitro benzene ring substituents is 1. The van der Waals surface area contributed by atoms with Gasteiger partial charge in [0.05, 0.1) is 15.4 Å². The van der Waals surface area contributed by atoms with Crippen LogP contribution in [-0.4, -0.2) is 28.1 Å². The van der Waals surface area contributed by atoms with E-state index in [2.05, 4.69) is 14.9 Å². The van der Waals surface area contributed by atoms with E-state index in [0.29, 0.717) is 12.4 Å². The fourth-order valence-corrected chi connectivity index (χ4v) is 4.71. The molecule has 1 aromatic heterocycles. The standard InChI is InChI=1S/C19H17ClFN5O4S/c20-15-7-6-13(11-17(15)26(27)28)31(29,30)24-12-5-8-16(21)14(10-12)19-23-22-18-4-2-1-3-9-25(18)19/h5-8,10-11,24H,1-4,9H2. The molecule has 31 heavy (non-hydrogen) atoms. The summed E-state index contributed by atoms with van der Waals surface area (Å²) in [6, 6.07) is 6.89. The van der Waals surface area contributed by atoms with E-state index in [4.69, 9.17) is 11.6 Å². The maximum atomic E-state index is 14.6. The number of nitrogens with zero attached hydrogens (tertiary/aromatic N) is 4. The van der Waals surface area contributed by atoms with Crippen molar-refractivity contribution in [1.82, 2.24) is 14.8 Å². The Labute approximate surface area is 182 Å². The van der Waals surface area contributed by atoms with Gasteiger partial charge in [-0.15, -0.1) is 10.2 Å². The zero-order valence-corrected chi connectivity index (χ0v) is 17.7. The Hall–Kier alpha value is -3.05. The summed E-state index contributed by atoms with van der Waals surface area (Å²) >= 11 is 5.75. The molecule has 12 heteroatoms. The Morgan fingerprint density at radius 2 is 1.94 bits per heavy atom. The number of rotatable bonds is 5. The van der Waals surface area contributed by atoms with Gasteiger partial charge in [0, 0.05) is 24.7 Å². The van der Waals surface area contributed by atoms with Gasteiger partial charge in [0.15, 0.2) is 5.82 Å². The minimum atomic E-state index is -4.19. The fourth-order valence-electron chi connectivity index (χ4n) is 3.46. The van der Waals surface area contributed by atoms with Gasteiger partial charge in [0.2, 0.25) is 0 Å². The molecule has 3 aromatic rings. The number of halogens is 2. The lowest BCUT2D eigenvalue weighted by Gasteiger charge is -2.12. The molecule has 1 aliphatic rings. The lowest BCUT2D eigenvalue weighted by molar-refractivity contribution is -0.384. The van der Waals surface area contributed by atoms with Crippen molar-refractivity contribution in [2.24, 2.45) is 0 Å². The van der Waals surface area contributed by atoms with Crippen molar-refractivity contribution in [3.63, 3.8) is 0 Å². The van der Waals surface area contributed by atoms with Gasteiger partial charge in [-0.3, -0.25) is 14.8 Å². The van der Waals surface area contributed by atoms with E-state index in [1.807, 2.05) is 4.57 Å². The maximum absolute atomic E-state index is 14.6. The number of aromatic nitrogens is 3. The van der Waals surface area contributed by atoms with Gasteiger partial charge in [-0.25, -0.2) is 12.8 Å². The number of nitro groups is 1. The van der Waals surface area contributed by atoms with Gasteiger partial charge in [-0.1, -0.05) is 18.0 Å². The van der Waals surface area contributed by atoms with E-state index in [0.717, 1.165) is 55.8 Å². The molecular formula is C19H17ClFN5O4S. The number of aryl methyl sites for hydroxylation is 1. The molecule has 0 saturated carbocycles. The van der Waals surface area contributed by atoms with Gasteiger partial charge in [0.1, 0.15) is 16.7 Å². The number of hydrogen-bond donors (Lipinski definition) is 1. The first-order valence-corrected chi connectivity index (χ1v) is 11.3. The predicted octanol–water partition coefficient (Wildman–Crippen LogP) is 4.17. The molecule has 1 aliphatic heterocycles. The van der Waals surface area contributed by atoms with Crippen LogP contribution in [0.5, 0.6) is 0 Å². The number of benzene rings is 2. The number of sulfonamides is 1.